The molecule has 0 aliphatic heterocycles. The number of aryl methyl sites for hydroxylation is 1. The van der Waals surface area contributed by atoms with Gasteiger partial charge in [-0.25, -0.2) is 0 Å². The summed E-state index contributed by atoms with van der Waals surface area (Å²) in [5, 5.41) is 0. The van der Waals surface area contributed by atoms with E-state index >= 15 is 0 Å². The van der Waals surface area contributed by atoms with E-state index in [1.807, 2.05) is 6.20 Å². The third-order valence-electron chi connectivity index (χ3n) is 3.29. The molecule has 1 nitrogen and oxygen atoms in total. The van der Waals surface area contributed by atoms with E-state index in [1.165, 1.54) is 46.1 Å². The highest BCUT2D eigenvalue weighted by molar-refractivity contribution is 14.1. The van der Waals surface area contributed by atoms with Crippen molar-refractivity contribution in [1.29, 1.82) is 0 Å². The molecule has 0 aliphatic carbocycles. The molecule has 0 amide bonds. The second-order valence-electron chi connectivity index (χ2n) is 4.86. The molecule has 0 radical (unpaired) electrons. The lowest BCUT2D eigenvalue weighted by atomic mass is 10.1. The topological polar surface area (TPSA) is 12.9 Å². The summed E-state index contributed by atoms with van der Waals surface area (Å²) in [4.78, 5) is 4.57. The summed E-state index contributed by atoms with van der Waals surface area (Å²) in [6.07, 6.45) is 8.30. The van der Waals surface area contributed by atoms with Crippen LogP contribution in [0.2, 0.25) is 0 Å². The average Bonchev–Trinajstić information content (AvgIpc) is 2.45. The molecule has 0 spiro atoms. The van der Waals surface area contributed by atoms with Gasteiger partial charge in [0.25, 0.3) is 0 Å². The van der Waals surface area contributed by atoms with Crippen LogP contribution in [0.4, 0.5) is 0 Å². The van der Waals surface area contributed by atoms with Gasteiger partial charge in [-0.3, -0.25) is 4.98 Å². The van der Waals surface area contributed by atoms with Crippen LogP contribution in [0.25, 0.3) is 11.1 Å². The fourth-order valence-electron chi connectivity index (χ4n) is 2.12. The lowest BCUT2D eigenvalue weighted by Crippen LogP contribution is -1.91. The molecule has 0 saturated heterocycles. The molecule has 100 valence electrons. The molecule has 0 fully saturated rings. The minimum atomic E-state index is 1.10. The molecule has 0 bridgehead atoms. The van der Waals surface area contributed by atoms with E-state index in [0.29, 0.717) is 0 Å². The Hall–Kier alpha value is -0.900. The van der Waals surface area contributed by atoms with Crippen LogP contribution in [-0.2, 0) is 6.42 Å². The Bertz CT molecular complexity index is 488. The maximum absolute atomic E-state index is 4.57. The van der Waals surface area contributed by atoms with Crippen molar-refractivity contribution < 1.29 is 0 Å². The Morgan fingerprint density at radius 3 is 2.26 bits per heavy atom. The molecule has 1 heterocycles. The average molecular weight is 365 g/mol. The predicted molar refractivity (Wildman–Crippen MR) is 90.2 cm³/mol. The van der Waals surface area contributed by atoms with Crippen molar-refractivity contribution >= 4 is 22.6 Å². The molecule has 2 rings (SSSR count). The number of hydrogen-bond donors (Lipinski definition) is 0. The van der Waals surface area contributed by atoms with Crippen LogP contribution >= 0.6 is 22.6 Å². The van der Waals surface area contributed by atoms with E-state index in [9.17, 15) is 0 Å². The minimum absolute atomic E-state index is 1.10. The number of nitrogens with zero attached hydrogens (tertiary/aromatic N) is 1. The number of halogens is 1. The summed E-state index contributed by atoms with van der Waals surface area (Å²) < 4.78 is 1.27. The van der Waals surface area contributed by atoms with Gasteiger partial charge < -0.3 is 0 Å². The van der Waals surface area contributed by atoms with Gasteiger partial charge in [-0.1, -0.05) is 44.4 Å². The number of aromatic nitrogens is 1. The molecule has 2 heteroatoms. The fraction of sp³-hybridized carbons (Fsp3) is 0.353. The summed E-state index contributed by atoms with van der Waals surface area (Å²) in [6, 6.07) is 12.9. The second-order valence-corrected chi connectivity index (χ2v) is 6.10. The quantitative estimate of drug-likeness (QED) is 0.488. The first-order valence-corrected chi connectivity index (χ1v) is 8.08. The SMILES string of the molecule is CCCCCCc1ccc(-c2ccc(I)cc2)cn1. The van der Waals surface area contributed by atoms with E-state index in [1.54, 1.807) is 0 Å². The minimum Gasteiger partial charge on any atom is -0.261 e. The highest BCUT2D eigenvalue weighted by atomic mass is 127. The van der Waals surface area contributed by atoms with Crippen LogP contribution in [-0.4, -0.2) is 4.98 Å². The standard InChI is InChI=1S/C17H20IN/c1-2-3-4-5-6-17-12-9-15(13-19-17)14-7-10-16(18)11-8-14/h7-13H,2-6H2,1H3. The van der Waals surface area contributed by atoms with Crippen LogP contribution in [0.5, 0.6) is 0 Å². The second kappa shape index (κ2) is 7.63. The van der Waals surface area contributed by atoms with Gasteiger partial charge in [0.05, 0.1) is 0 Å². The molecule has 0 N–H and O–H groups in total. The molecule has 0 aliphatic rings. The third kappa shape index (κ3) is 4.60. The Labute approximate surface area is 129 Å². The molecule has 1 aromatic carbocycles. The van der Waals surface area contributed by atoms with Gasteiger partial charge in [0.2, 0.25) is 0 Å². The fourth-order valence-corrected chi connectivity index (χ4v) is 2.48. The van der Waals surface area contributed by atoms with Crippen molar-refractivity contribution in [2.75, 3.05) is 0 Å². The van der Waals surface area contributed by atoms with Gasteiger partial charge in [0.15, 0.2) is 0 Å². The van der Waals surface area contributed by atoms with Gasteiger partial charge in [-0.2, -0.15) is 0 Å². The van der Waals surface area contributed by atoms with Gasteiger partial charge in [0.1, 0.15) is 0 Å². The summed E-state index contributed by atoms with van der Waals surface area (Å²) in [6.45, 7) is 2.24. The van der Waals surface area contributed by atoms with Crippen LogP contribution in [0.3, 0.4) is 0 Å². The summed E-state index contributed by atoms with van der Waals surface area (Å²) in [7, 11) is 0. The highest BCUT2D eigenvalue weighted by Crippen LogP contribution is 2.20. The van der Waals surface area contributed by atoms with E-state index in [4.69, 9.17) is 0 Å². The summed E-state index contributed by atoms with van der Waals surface area (Å²) in [5.41, 5.74) is 3.66. The lowest BCUT2D eigenvalue weighted by Gasteiger charge is -2.04. The number of hydrogen-bond acceptors (Lipinski definition) is 1. The first-order valence-electron chi connectivity index (χ1n) is 7.00. The highest BCUT2D eigenvalue weighted by Gasteiger charge is 1.99. The monoisotopic (exact) mass is 365 g/mol. The largest absolute Gasteiger partial charge is 0.261 e. The normalized spacial score (nSPS) is 10.6. The van der Waals surface area contributed by atoms with Crippen molar-refractivity contribution in [1.82, 2.24) is 4.98 Å². The van der Waals surface area contributed by atoms with Gasteiger partial charge in [-0.15, -0.1) is 0 Å². The van der Waals surface area contributed by atoms with Crippen LogP contribution in [0.1, 0.15) is 38.3 Å². The number of benzene rings is 1. The molecule has 0 atom stereocenters. The number of pyridine rings is 1. The summed E-state index contributed by atoms with van der Waals surface area (Å²) in [5.74, 6) is 0. The van der Waals surface area contributed by atoms with E-state index in [2.05, 4.69) is 70.9 Å². The van der Waals surface area contributed by atoms with Crippen LogP contribution in [0.15, 0.2) is 42.6 Å². The molecule has 2 aromatic rings. The zero-order chi connectivity index (χ0) is 13.5. The first kappa shape index (κ1) is 14.5. The number of rotatable bonds is 6. The maximum Gasteiger partial charge on any atom is 0.0404 e. The summed E-state index contributed by atoms with van der Waals surface area (Å²) >= 11 is 2.33. The Morgan fingerprint density at radius 2 is 1.63 bits per heavy atom. The van der Waals surface area contributed by atoms with Gasteiger partial charge in [-0.05, 0) is 59.2 Å². The molecule has 0 unspecified atom stereocenters. The lowest BCUT2D eigenvalue weighted by molar-refractivity contribution is 0.661. The molecule has 1 aromatic heterocycles. The molecule has 0 saturated carbocycles. The maximum atomic E-state index is 4.57. The van der Waals surface area contributed by atoms with Crippen molar-refractivity contribution in [3.8, 4) is 11.1 Å². The third-order valence-corrected chi connectivity index (χ3v) is 4.01. The first-order chi connectivity index (χ1) is 9.29. The zero-order valence-electron chi connectivity index (χ0n) is 11.4. The predicted octanol–water partition coefficient (Wildman–Crippen LogP) is 5.48. The van der Waals surface area contributed by atoms with E-state index in [0.717, 1.165) is 6.42 Å². The van der Waals surface area contributed by atoms with Crippen LogP contribution in [0, 0.1) is 3.57 Å². The van der Waals surface area contributed by atoms with Gasteiger partial charge >= 0.3 is 0 Å². The smallest absolute Gasteiger partial charge is 0.0404 e. The van der Waals surface area contributed by atoms with E-state index in [-0.39, 0.29) is 0 Å². The van der Waals surface area contributed by atoms with Crippen molar-refractivity contribution in [3.63, 3.8) is 0 Å². The molecular weight excluding hydrogens is 345 g/mol. The van der Waals surface area contributed by atoms with Crippen LogP contribution < -0.4 is 0 Å². The molecule has 19 heavy (non-hydrogen) atoms. The Morgan fingerprint density at radius 1 is 0.895 bits per heavy atom. The van der Waals surface area contributed by atoms with E-state index < -0.39 is 0 Å². The van der Waals surface area contributed by atoms with Crippen molar-refractivity contribution in [3.05, 3.63) is 51.9 Å². The van der Waals surface area contributed by atoms with Gasteiger partial charge in [0, 0.05) is 21.0 Å². The Balaban J connectivity index is 1.96. The Kier molecular flexibility index (Phi) is 5.83. The number of unbranched alkanes of at least 4 members (excludes halogenated alkanes) is 3. The zero-order valence-corrected chi connectivity index (χ0v) is 13.6. The molecular formula is C17H20IN. The van der Waals surface area contributed by atoms with Crippen molar-refractivity contribution in [2.45, 2.75) is 39.0 Å². The van der Waals surface area contributed by atoms with Crippen molar-refractivity contribution in [2.24, 2.45) is 0 Å².